The second-order valence-electron chi connectivity index (χ2n) is 5.77. The highest BCUT2D eigenvalue weighted by Gasteiger charge is 2.31. The number of hydrogen-bond donors (Lipinski definition) is 1. The lowest BCUT2D eigenvalue weighted by molar-refractivity contribution is -0.113. The predicted molar refractivity (Wildman–Crippen MR) is 78.2 cm³/mol. The summed E-state index contributed by atoms with van der Waals surface area (Å²) >= 11 is 0. The Bertz CT molecular complexity index is 493. The normalized spacial score (nSPS) is 14.0. The summed E-state index contributed by atoms with van der Waals surface area (Å²) in [5.41, 5.74) is -1.29. The standard InChI is InChI=1S/C15H22N2O4/c1-6-20-12-8-7-11(9-16-12)15(5,10-18)17-13(19)21-14(2,3)4/h7-10H,6H2,1-5H3,(H,17,19). The van der Waals surface area contributed by atoms with E-state index in [1.165, 1.54) is 6.20 Å². The molecule has 1 rings (SSSR count). The second kappa shape index (κ2) is 6.56. The lowest BCUT2D eigenvalue weighted by Crippen LogP contribution is -2.47. The van der Waals surface area contributed by atoms with Crippen molar-refractivity contribution in [2.45, 2.75) is 45.8 Å². The molecule has 1 aromatic heterocycles. The molecule has 0 spiro atoms. The smallest absolute Gasteiger partial charge is 0.408 e. The molecule has 0 radical (unpaired) electrons. The SMILES string of the molecule is CCOc1ccc(C(C)(C=O)NC(=O)OC(C)(C)C)cn1. The van der Waals surface area contributed by atoms with Crippen molar-refractivity contribution in [1.29, 1.82) is 0 Å². The van der Waals surface area contributed by atoms with Gasteiger partial charge in [0.2, 0.25) is 5.88 Å². The topological polar surface area (TPSA) is 77.5 Å². The third kappa shape index (κ3) is 5.06. The number of nitrogens with one attached hydrogen (secondary N) is 1. The summed E-state index contributed by atoms with van der Waals surface area (Å²) in [7, 11) is 0. The van der Waals surface area contributed by atoms with Gasteiger partial charge in [0.1, 0.15) is 17.4 Å². The average Bonchev–Trinajstić information content (AvgIpc) is 2.37. The van der Waals surface area contributed by atoms with Crippen molar-refractivity contribution in [3.05, 3.63) is 23.9 Å². The van der Waals surface area contributed by atoms with Gasteiger partial charge in [-0.2, -0.15) is 0 Å². The summed E-state index contributed by atoms with van der Waals surface area (Å²) in [5.74, 6) is 0.465. The maximum absolute atomic E-state index is 11.8. The van der Waals surface area contributed by atoms with Crippen LogP contribution in [0.15, 0.2) is 18.3 Å². The van der Waals surface area contributed by atoms with Crippen molar-refractivity contribution >= 4 is 12.4 Å². The van der Waals surface area contributed by atoms with E-state index in [0.717, 1.165) is 0 Å². The lowest BCUT2D eigenvalue weighted by Gasteiger charge is -2.27. The van der Waals surface area contributed by atoms with E-state index in [-0.39, 0.29) is 0 Å². The monoisotopic (exact) mass is 294 g/mol. The maximum atomic E-state index is 11.8. The molecule has 1 N–H and O–H groups in total. The summed E-state index contributed by atoms with van der Waals surface area (Å²) in [6.45, 7) is 9.21. The first-order valence-corrected chi connectivity index (χ1v) is 6.77. The molecule has 21 heavy (non-hydrogen) atoms. The summed E-state index contributed by atoms with van der Waals surface area (Å²) in [4.78, 5) is 27.3. The fraction of sp³-hybridized carbons (Fsp3) is 0.533. The number of aromatic nitrogens is 1. The summed E-state index contributed by atoms with van der Waals surface area (Å²) in [5, 5.41) is 2.56. The molecule has 0 aliphatic rings. The van der Waals surface area contributed by atoms with Gasteiger partial charge in [-0.15, -0.1) is 0 Å². The van der Waals surface area contributed by atoms with E-state index in [2.05, 4.69) is 10.3 Å². The zero-order chi connectivity index (χ0) is 16.1. The lowest BCUT2D eigenvalue weighted by atomic mass is 9.95. The zero-order valence-corrected chi connectivity index (χ0v) is 13.1. The highest BCUT2D eigenvalue weighted by molar-refractivity contribution is 5.77. The van der Waals surface area contributed by atoms with Gasteiger partial charge in [0.15, 0.2) is 0 Å². The summed E-state index contributed by atoms with van der Waals surface area (Å²) < 4.78 is 10.4. The first-order chi connectivity index (χ1) is 9.70. The molecule has 1 aromatic rings. The minimum Gasteiger partial charge on any atom is -0.478 e. The van der Waals surface area contributed by atoms with Crippen molar-refractivity contribution in [2.24, 2.45) is 0 Å². The van der Waals surface area contributed by atoms with E-state index in [1.807, 2.05) is 6.92 Å². The Labute approximate surface area is 124 Å². The molecule has 1 unspecified atom stereocenters. The molecule has 0 aliphatic heterocycles. The predicted octanol–water partition coefficient (Wildman–Crippen LogP) is 2.42. The fourth-order valence-electron chi connectivity index (χ4n) is 1.61. The summed E-state index contributed by atoms with van der Waals surface area (Å²) in [6.07, 6.45) is 1.48. The highest BCUT2D eigenvalue weighted by atomic mass is 16.6. The Balaban J connectivity index is 2.88. The van der Waals surface area contributed by atoms with Crippen LogP contribution in [0.4, 0.5) is 4.79 Å². The first kappa shape index (κ1) is 16.9. The summed E-state index contributed by atoms with van der Waals surface area (Å²) in [6, 6.07) is 3.33. The van der Waals surface area contributed by atoms with Crippen LogP contribution in [0, 0.1) is 0 Å². The van der Waals surface area contributed by atoms with Crippen molar-refractivity contribution in [2.75, 3.05) is 6.61 Å². The molecule has 0 bridgehead atoms. The molecule has 1 amide bonds. The Kier molecular flexibility index (Phi) is 5.29. The van der Waals surface area contributed by atoms with Gasteiger partial charge in [-0.1, -0.05) is 0 Å². The van der Waals surface area contributed by atoms with Crippen molar-refractivity contribution in [3.63, 3.8) is 0 Å². The third-order valence-corrected chi connectivity index (χ3v) is 2.62. The average molecular weight is 294 g/mol. The van der Waals surface area contributed by atoms with Crippen molar-refractivity contribution in [1.82, 2.24) is 10.3 Å². The molecular weight excluding hydrogens is 272 g/mol. The minimum atomic E-state index is -1.21. The van der Waals surface area contributed by atoms with E-state index < -0.39 is 17.2 Å². The van der Waals surface area contributed by atoms with Crippen LogP contribution in [-0.2, 0) is 15.1 Å². The van der Waals surface area contributed by atoms with Gasteiger partial charge in [-0.05, 0) is 40.7 Å². The quantitative estimate of drug-likeness (QED) is 0.844. The maximum Gasteiger partial charge on any atom is 0.408 e. The van der Waals surface area contributed by atoms with E-state index >= 15 is 0 Å². The van der Waals surface area contributed by atoms with Crippen LogP contribution in [0.5, 0.6) is 5.88 Å². The van der Waals surface area contributed by atoms with E-state index in [9.17, 15) is 9.59 Å². The molecular formula is C15H22N2O4. The Hall–Kier alpha value is -2.11. The van der Waals surface area contributed by atoms with Gasteiger partial charge < -0.3 is 19.6 Å². The van der Waals surface area contributed by atoms with Crippen LogP contribution in [0.3, 0.4) is 0 Å². The van der Waals surface area contributed by atoms with Gasteiger partial charge in [0.05, 0.1) is 6.61 Å². The van der Waals surface area contributed by atoms with E-state index in [1.54, 1.807) is 39.8 Å². The van der Waals surface area contributed by atoms with Crippen LogP contribution < -0.4 is 10.1 Å². The largest absolute Gasteiger partial charge is 0.478 e. The third-order valence-electron chi connectivity index (χ3n) is 2.62. The number of hydrogen-bond acceptors (Lipinski definition) is 5. The van der Waals surface area contributed by atoms with Crippen molar-refractivity contribution in [3.8, 4) is 5.88 Å². The van der Waals surface area contributed by atoms with Gasteiger partial charge in [-0.25, -0.2) is 9.78 Å². The molecule has 0 fully saturated rings. The molecule has 1 heterocycles. The number of alkyl carbamates (subject to hydrolysis) is 1. The second-order valence-corrected chi connectivity index (χ2v) is 5.77. The van der Waals surface area contributed by atoms with E-state index in [4.69, 9.17) is 9.47 Å². The number of rotatable bonds is 5. The Morgan fingerprint density at radius 2 is 2.00 bits per heavy atom. The Morgan fingerprint density at radius 1 is 1.33 bits per heavy atom. The number of carbonyl (C=O) groups is 2. The number of amides is 1. The highest BCUT2D eigenvalue weighted by Crippen LogP contribution is 2.20. The molecule has 0 saturated heterocycles. The molecule has 0 saturated carbocycles. The number of nitrogens with zero attached hydrogens (tertiary/aromatic N) is 1. The molecule has 116 valence electrons. The van der Waals surface area contributed by atoms with Crippen LogP contribution >= 0.6 is 0 Å². The van der Waals surface area contributed by atoms with Crippen LogP contribution in [0.1, 0.15) is 40.2 Å². The van der Waals surface area contributed by atoms with E-state index in [0.29, 0.717) is 24.3 Å². The van der Waals surface area contributed by atoms with Crippen molar-refractivity contribution < 1.29 is 19.1 Å². The molecule has 6 heteroatoms. The van der Waals surface area contributed by atoms with Crippen LogP contribution in [0.25, 0.3) is 0 Å². The number of ether oxygens (including phenoxy) is 2. The molecule has 6 nitrogen and oxygen atoms in total. The fourth-order valence-corrected chi connectivity index (χ4v) is 1.61. The van der Waals surface area contributed by atoms with Gasteiger partial charge >= 0.3 is 6.09 Å². The first-order valence-electron chi connectivity index (χ1n) is 6.77. The number of carbonyl (C=O) groups excluding carboxylic acids is 2. The van der Waals surface area contributed by atoms with Gasteiger partial charge in [-0.3, -0.25) is 0 Å². The number of aldehydes is 1. The molecule has 0 aliphatic carbocycles. The van der Waals surface area contributed by atoms with Crippen LogP contribution in [-0.4, -0.2) is 29.6 Å². The molecule has 0 aromatic carbocycles. The minimum absolute atomic E-state index is 0.465. The van der Waals surface area contributed by atoms with Crippen LogP contribution in [0.2, 0.25) is 0 Å². The molecule has 1 atom stereocenters. The Morgan fingerprint density at radius 3 is 2.43 bits per heavy atom. The van der Waals surface area contributed by atoms with Gasteiger partial charge in [0.25, 0.3) is 0 Å². The number of pyridine rings is 1. The zero-order valence-electron chi connectivity index (χ0n) is 13.1. The van der Waals surface area contributed by atoms with Gasteiger partial charge in [0, 0.05) is 17.8 Å².